The highest BCUT2D eigenvalue weighted by Crippen LogP contribution is 2.35. The second kappa shape index (κ2) is 5.84. The minimum absolute atomic E-state index is 0.464. The molecule has 110 valence electrons. The van der Waals surface area contributed by atoms with Crippen molar-refractivity contribution < 1.29 is 19.3 Å². The Bertz CT molecular complexity index is 657. The molecule has 0 saturated heterocycles. The fourth-order valence-corrected chi connectivity index (χ4v) is 2.54. The van der Waals surface area contributed by atoms with Gasteiger partial charge in [-0.2, -0.15) is 0 Å². The molecule has 1 aliphatic rings. The standard InChI is InChI=1S/C16H15ClO4/c1-19-13-4-2-10(8-12(13)17)16(18)11-3-5-14-15(9-11)21-7-6-20-14/h2-5,8-9,16,18H,6-7H2,1H3. The molecule has 0 bridgehead atoms. The van der Waals surface area contributed by atoms with Crippen LogP contribution in [0.15, 0.2) is 36.4 Å². The summed E-state index contributed by atoms with van der Waals surface area (Å²) >= 11 is 6.10. The van der Waals surface area contributed by atoms with E-state index in [0.29, 0.717) is 41.0 Å². The van der Waals surface area contributed by atoms with E-state index in [1.54, 1.807) is 37.4 Å². The largest absolute Gasteiger partial charge is 0.495 e. The van der Waals surface area contributed by atoms with Gasteiger partial charge in [0, 0.05) is 0 Å². The van der Waals surface area contributed by atoms with Crippen LogP contribution in [-0.4, -0.2) is 25.4 Å². The SMILES string of the molecule is COc1ccc(C(O)c2ccc3c(c2)OCCO3)cc1Cl. The molecule has 1 aliphatic heterocycles. The number of halogens is 1. The Morgan fingerprint density at radius 2 is 1.71 bits per heavy atom. The van der Waals surface area contributed by atoms with Crippen LogP contribution < -0.4 is 14.2 Å². The molecule has 3 rings (SSSR count). The molecule has 0 fully saturated rings. The molecule has 1 unspecified atom stereocenters. The number of rotatable bonds is 3. The zero-order chi connectivity index (χ0) is 14.8. The van der Waals surface area contributed by atoms with Gasteiger partial charge < -0.3 is 19.3 Å². The van der Waals surface area contributed by atoms with Crippen molar-refractivity contribution in [3.63, 3.8) is 0 Å². The number of hydrogen-bond donors (Lipinski definition) is 1. The topological polar surface area (TPSA) is 47.9 Å². The maximum Gasteiger partial charge on any atom is 0.161 e. The zero-order valence-corrected chi connectivity index (χ0v) is 12.3. The molecule has 0 aliphatic carbocycles. The molecule has 0 radical (unpaired) electrons. The lowest BCUT2D eigenvalue weighted by Gasteiger charge is -2.20. The Labute approximate surface area is 127 Å². The Morgan fingerprint density at radius 1 is 1.05 bits per heavy atom. The summed E-state index contributed by atoms with van der Waals surface area (Å²) in [5.74, 6) is 1.93. The van der Waals surface area contributed by atoms with Gasteiger partial charge in [0.25, 0.3) is 0 Å². The molecular formula is C16H15ClO4. The first-order valence-corrected chi connectivity index (χ1v) is 6.98. The first kappa shape index (κ1) is 14.0. The maximum atomic E-state index is 10.5. The van der Waals surface area contributed by atoms with Gasteiger partial charge in [0.05, 0.1) is 12.1 Å². The first-order valence-electron chi connectivity index (χ1n) is 6.60. The van der Waals surface area contributed by atoms with Crippen molar-refractivity contribution in [2.75, 3.05) is 20.3 Å². The van der Waals surface area contributed by atoms with Crippen molar-refractivity contribution >= 4 is 11.6 Å². The summed E-state index contributed by atoms with van der Waals surface area (Å²) in [5, 5.41) is 11.0. The number of aliphatic hydroxyl groups excluding tert-OH is 1. The number of ether oxygens (including phenoxy) is 3. The van der Waals surface area contributed by atoms with Crippen LogP contribution in [0.4, 0.5) is 0 Å². The van der Waals surface area contributed by atoms with Crippen LogP contribution in [0.3, 0.4) is 0 Å². The lowest BCUT2D eigenvalue weighted by atomic mass is 10.0. The summed E-state index contributed by atoms with van der Waals surface area (Å²) in [6.45, 7) is 1.06. The fourth-order valence-electron chi connectivity index (χ4n) is 2.28. The van der Waals surface area contributed by atoms with Gasteiger partial charge in [-0.3, -0.25) is 0 Å². The van der Waals surface area contributed by atoms with E-state index in [1.165, 1.54) is 0 Å². The fraction of sp³-hybridized carbons (Fsp3) is 0.250. The number of methoxy groups -OCH3 is 1. The second-order valence-electron chi connectivity index (χ2n) is 4.70. The Kier molecular flexibility index (Phi) is 3.90. The van der Waals surface area contributed by atoms with Gasteiger partial charge in [-0.05, 0) is 35.4 Å². The van der Waals surface area contributed by atoms with E-state index in [2.05, 4.69) is 0 Å². The Morgan fingerprint density at radius 3 is 2.43 bits per heavy atom. The van der Waals surface area contributed by atoms with Crippen molar-refractivity contribution in [3.8, 4) is 17.2 Å². The van der Waals surface area contributed by atoms with E-state index < -0.39 is 6.10 Å². The number of fused-ring (bicyclic) bond motifs is 1. The summed E-state index contributed by atoms with van der Waals surface area (Å²) in [4.78, 5) is 0. The highest BCUT2D eigenvalue weighted by molar-refractivity contribution is 6.32. The molecule has 1 atom stereocenters. The third kappa shape index (κ3) is 2.77. The van der Waals surface area contributed by atoms with Crippen molar-refractivity contribution in [2.24, 2.45) is 0 Å². The average molecular weight is 307 g/mol. The number of aliphatic hydroxyl groups is 1. The molecule has 0 amide bonds. The van der Waals surface area contributed by atoms with E-state index >= 15 is 0 Å². The van der Waals surface area contributed by atoms with Crippen LogP contribution in [0.2, 0.25) is 5.02 Å². The van der Waals surface area contributed by atoms with E-state index in [9.17, 15) is 5.11 Å². The van der Waals surface area contributed by atoms with Crippen LogP contribution >= 0.6 is 11.6 Å². The van der Waals surface area contributed by atoms with Gasteiger partial charge in [0.15, 0.2) is 11.5 Å². The number of benzene rings is 2. The smallest absolute Gasteiger partial charge is 0.161 e. The Balaban J connectivity index is 1.91. The maximum absolute atomic E-state index is 10.5. The monoisotopic (exact) mass is 306 g/mol. The first-order chi connectivity index (χ1) is 10.2. The normalized spacial score (nSPS) is 14.6. The lowest BCUT2D eigenvalue weighted by Crippen LogP contribution is -2.15. The highest BCUT2D eigenvalue weighted by atomic mass is 35.5. The van der Waals surface area contributed by atoms with Gasteiger partial charge in [-0.15, -0.1) is 0 Å². The van der Waals surface area contributed by atoms with Gasteiger partial charge in [0.2, 0.25) is 0 Å². The molecular weight excluding hydrogens is 292 g/mol. The summed E-state index contributed by atoms with van der Waals surface area (Å²) < 4.78 is 16.1. The molecule has 2 aromatic rings. The van der Waals surface area contributed by atoms with Gasteiger partial charge in [-0.25, -0.2) is 0 Å². The van der Waals surface area contributed by atoms with Crippen LogP contribution in [-0.2, 0) is 0 Å². The van der Waals surface area contributed by atoms with Crippen LogP contribution in [0.1, 0.15) is 17.2 Å². The van der Waals surface area contributed by atoms with Crippen molar-refractivity contribution in [3.05, 3.63) is 52.5 Å². The molecule has 1 heterocycles. The van der Waals surface area contributed by atoms with E-state index in [-0.39, 0.29) is 0 Å². The van der Waals surface area contributed by atoms with Crippen LogP contribution in [0.25, 0.3) is 0 Å². The Hall–Kier alpha value is -1.91. The van der Waals surface area contributed by atoms with Crippen molar-refractivity contribution in [1.29, 1.82) is 0 Å². The molecule has 2 aromatic carbocycles. The summed E-state index contributed by atoms with van der Waals surface area (Å²) in [6.07, 6.45) is -0.788. The average Bonchev–Trinajstić information content (AvgIpc) is 2.53. The van der Waals surface area contributed by atoms with Gasteiger partial charge >= 0.3 is 0 Å². The van der Waals surface area contributed by atoms with Crippen molar-refractivity contribution in [1.82, 2.24) is 0 Å². The minimum Gasteiger partial charge on any atom is -0.495 e. The third-order valence-corrected chi connectivity index (χ3v) is 3.67. The molecule has 4 nitrogen and oxygen atoms in total. The molecule has 0 spiro atoms. The van der Waals surface area contributed by atoms with Gasteiger partial charge in [-0.1, -0.05) is 23.7 Å². The lowest BCUT2D eigenvalue weighted by molar-refractivity contribution is 0.169. The molecule has 1 N–H and O–H groups in total. The summed E-state index contributed by atoms with van der Waals surface area (Å²) in [7, 11) is 1.55. The zero-order valence-electron chi connectivity index (χ0n) is 11.5. The highest BCUT2D eigenvalue weighted by Gasteiger charge is 2.17. The predicted octanol–water partition coefficient (Wildman–Crippen LogP) is 3.20. The predicted molar refractivity (Wildman–Crippen MR) is 79.5 cm³/mol. The van der Waals surface area contributed by atoms with E-state index in [1.807, 2.05) is 6.07 Å². The van der Waals surface area contributed by atoms with Crippen LogP contribution in [0, 0.1) is 0 Å². The third-order valence-electron chi connectivity index (χ3n) is 3.37. The summed E-state index contributed by atoms with van der Waals surface area (Å²) in [5.41, 5.74) is 1.41. The minimum atomic E-state index is -0.788. The van der Waals surface area contributed by atoms with Crippen molar-refractivity contribution in [2.45, 2.75) is 6.10 Å². The van der Waals surface area contributed by atoms with E-state index in [4.69, 9.17) is 25.8 Å². The second-order valence-corrected chi connectivity index (χ2v) is 5.11. The van der Waals surface area contributed by atoms with E-state index in [0.717, 1.165) is 5.56 Å². The molecule has 0 saturated carbocycles. The quantitative estimate of drug-likeness (QED) is 0.946. The molecule has 0 aromatic heterocycles. The molecule has 5 heteroatoms. The molecule has 21 heavy (non-hydrogen) atoms. The van der Waals surface area contributed by atoms with Crippen LogP contribution in [0.5, 0.6) is 17.2 Å². The van der Waals surface area contributed by atoms with Gasteiger partial charge in [0.1, 0.15) is 25.1 Å². The number of hydrogen-bond acceptors (Lipinski definition) is 4. The summed E-state index contributed by atoms with van der Waals surface area (Å²) in [6, 6.07) is 10.6.